The molecule has 4 aromatic rings. The van der Waals surface area contributed by atoms with Gasteiger partial charge in [0, 0.05) is 46.3 Å². The first-order valence-electron chi connectivity index (χ1n) is 15.5. The Morgan fingerprint density at radius 2 is 1.78 bits per heavy atom. The Balaban J connectivity index is 1.03. The van der Waals surface area contributed by atoms with Gasteiger partial charge >= 0.3 is 5.97 Å². The molecule has 0 atom stereocenters. The predicted octanol–water partition coefficient (Wildman–Crippen LogP) is 8.64. The summed E-state index contributed by atoms with van der Waals surface area (Å²) < 4.78 is 25.0. The standard InChI is InChI=1S/C34H35Cl2N3O6/c1-19(2)44-28-14-27(32(40)41)38-26-6-5-21(13-22(26)28)42-18-33-7-10-34(11-8-33,12-9-33)43-17-23-30(39-45-31(23)20-3-4-20)29-24(35)15-37-16-25(29)36/h5-6,13-16,19-20H,3-4,7-12,17-18H2,1-2H3,(H,40,41). The van der Waals surface area contributed by atoms with Crippen molar-refractivity contribution in [2.45, 2.75) is 89.4 Å². The van der Waals surface area contributed by atoms with Gasteiger partial charge in [0.25, 0.3) is 0 Å². The smallest absolute Gasteiger partial charge is 0.354 e. The molecule has 4 aliphatic carbocycles. The van der Waals surface area contributed by atoms with Crippen LogP contribution in [0.3, 0.4) is 0 Å². The number of nitrogens with zero attached hydrogens (tertiary/aromatic N) is 3. The average Bonchev–Trinajstić information content (AvgIpc) is 3.79. The van der Waals surface area contributed by atoms with Crippen molar-refractivity contribution in [1.82, 2.24) is 15.1 Å². The number of rotatable bonds is 11. The summed E-state index contributed by atoms with van der Waals surface area (Å²) in [5.74, 6) is 1.36. The number of hydrogen-bond acceptors (Lipinski definition) is 8. The Kier molecular flexibility index (Phi) is 7.90. The van der Waals surface area contributed by atoms with Crippen LogP contribution in [0.25, 0.3) is 22.2 Å². The fourth-order valence-electron chi connectivity index (χ4n) is 6.81. The largest absolute Gasteiger partial charge is 0.493 e. The molecule has 0 saturated heterocycles. The highest BCUT2D eigenvalue weighted by Crippen LogP contribution is 2.55. The summed E-state index contributed by atoms with van der Waals surface area (Å²) in [7, 11) is 0. The molecule has 45 heavy (non-hydrogen) atoms. The summed E-state index contributed by atoms with van der Waals surface area (Å²) in [4.78, 5) is 20.0. The van der Waals surface area contributed by atoms with Gasteiger partial charge < -0.3 is 23.8 Å². The lowest BCUT2D eigenvalue weighted by Crippen LogP contribution is -2.49. The molecule has 8 rings (SSSR count). The topological polar surface area (TPSA) is 117 Å². The Morgan fingerprint density at radius 3 is 2.42 bits per heavy atom. The van der Waals surface area contributed by atoms with E-state index in [1.54, 1.807) is 18.5 Å². The molecular formula is C34H35Cl2N3O6. The number of aromatic nitrogens is 3. The number of aromatic carboxylic acids is 1. The second kappa shape index (κ2) is 11.8. The number of carbonyl (C=O) groups is 1. The third-order valence-corrected chi connectivity index (χ3v) is 10.2. The maximum atomic E-state index is 11.6. The van der Waals surface area contributed by atoms with E-state index in [1.807, 2.05) is 26.0 Å². The van der Waals surface area contributed by atoms with E-state index in [1.165, 1.54) is 6.07 Å². The minimum atomic E-state index is -1.09. The molecule has 236 valence electrons. The molecule has 11 heteroatoms. The monoisotopic (exact) mass is 651 g/mol. The molecule has 1 aromatic carbocycles. The third-order valence-electron chi connectivity index (χ3n) is 9.58. The maximum Gasteiger partial charge on any atom is 0.354 e. The summed E-state index contributed by atoms with van der Waals surface area (Å²) in [6.07, 6.45) is 11.1. The zero-order valence-electron chi connectivity index (χ0n) is 25.3. The van der Waals surface area contributed by atoms with Crippen LogP contribution in [0.15, 0.2) is 41.2 Å². The van der Waals surface area contributed by atoms with E-state index in [2.05, 4.69) is 15.1 Å². The van der Waals surface area contributed by atoms with E-state index in [-0.39, 0.29) is 22.8 Å². The van der Waals surface area contributed by atoms with Gasteiger partial charge in [-0.05, 0) is 83.4 Å². The SMILES string of the molecule is CC(C)Oc1cc(C(=O)O)nc2ccc(OCC34CCC(OCc5c(-c6c(Cl)cncc6Cl)noc5C5CC5)(CC3)CC4)cc12. The molecular weight excluding hydrogens is 617 g/mol. The van der Waals surface area contributed by atoms with Crippen LogP contribution in [-0.4, -0.2) is 44.5 Å². The number of fused-ring (bicyclic) bond motifs is 4. The molecule has 4 aliphatic rings. The Labute approximate surface area is 271 Å². The quantitative estimate of drug-likeness (QED) is 0.170. The van der Waals surface area contributed by atoms with Gasteiger partial charge in [0.1, 0.15) is 23.0 Å². The maximum absolute atomic E-state index is 11.6. The zero-order valence-corrected chi connectivity index (χ0v) is 26.8. The van der Waals surface area contributed by atoms with E-state index in [4.69, 9.17) is 41.9 Å². The van der Waals surface area contributed by atoms with Crippen LogP contribution in [-0.2, 0) is 11.3 Å². The highest BCUT2D eigenvalue weighted by Gasteiger charge is 2.50. The second-order valence-corrected chi connectivity index (χ2v) is 13.9. The molecule has 1 N–H and O–H groups in total. The normalized spacial score (nSPS) is 22.7. The summed E-state index contributed by atoms with van der Waals surface area (Å²) in [5, 5.41) is 15.5. The third kappa shape index (κ3) is 5.98. The second-order valence-electron chi connectivity index (χ2n) is 13.0. The molecule has 4 saturated carbocycles. The van der Waals surface area contributed by atoms with Gasteiger partial charge in [0.2, 0.25) is 0 Å². The first-order chi connectivity index (χ1) is 21.6. The van der Waals surface area contributed by atoms with E-state index >= 15 is 0 Å². The zero-order chi connectivity index (χ0) is 31.3. The van der Waals surface area contributed by atoms with Gasteiger partial charge in [-0.15, -0.1) is 0 Å². The summed E-state index contributed by atoms with van der Waals surface area (Å²) in [6.45, 7) is 4.83. The number of carboxylic acids is 1. The highest BCUT2D eigenvalue weighted by atomic mass is 35.5. The molecule has 0 spiro atoms. The Bertz CT molecular complexity index is 1720. The summed E-state index contributed by atoms with van der Waals surface area (Å²) in [6, 6.07) is 7.02. The van der Waals surface area contributed by atoms with Crippen molar-refractivity contribution in [3.05, 3.63) is 63.7 Å². The minimum absolute atomic E-state index is 0.0465. The minimum Gasteiger partial charge on any atom is -0.493 e. The molecule has 3 heterocycles. The highest BCUT2D eigenvalue weighted by molar-refractivity contribution is 6.38. The van der Waals surface area contributed by atoms with Crippen molar-refractivity contribution < 1.29 is 28.6 Å². The van der Waals surface area contributed by atoms with E-state index in [0.29, 0.717) is 51.7 Å². The lowest BCUT2D eigenvalue weighted by molar-refractivity contribution is -0.150. The Hall–Kier alpha value is -3.40. The van der Waals surface area contributed by atoms with Gasteiger partial charge in [-0.1, -0.05) is 28.4 Å². The van der Waals surface area contributed by atoms with Gasteiger partial charge in [0.15, 0.2) is 5.69 Å². The number of hydrogen-bond donors (Lipinski definition) is 1. The molecule has 0 radical (unpaired) electrons. The van der Waals surface area contributed by atoms with Crippen molar-refractivity contribution >= 4 is 40.1 Å². The lowest BCUT2D eigenvalue weighted by atomic mass is 9.59. The van der Waals surface area contributed by atoms with Crippen LogP contribution in [0.1, 0.15) is 92.9 Å². The van der Waals surface area contributed by atoms with Crippen molar-refractivity contribution in [3.8, 4) is 22.8 Å². The predicted molar refractivity (Wildman–Crippen MR) is 169 cm³/mol. The van der Waals surface area contributed by atoms with E-state index in [0.717, 1.165) is 73.8 Å². The molecule has 3 aromatic heterocycles. The van der Waals surface area contributed by atoms with Crippen molar-refractivity contribution in [3.63, 3.8) is 0 Å². The molecule has 0 aliphatic heterocycles. The fourth-order valence-corrected chi connectivity index (χ4v) is 7.35. The molecule has 2 bridgehead atoms. The molecule has 0 amide bonds. The lowest BCUT2D eigenvalue weighted by Gasteiger charge is -2.52. The number of halogens is 2. The van der Waals surface area contributed by atoms with E-state index < -0.39 is 5.97 Å². The van der Waals surface area contributed by atoms with Crippen molar-refractivity contribution in [2.75, 3.05) is 6.61 Å². The van der Waals surface area contributed by atoms with Crippen LogP contribution in [0.4, 0.5) is 0 Å². The van der Waals surface area contributed by atoms with Crippen LogP contribution >= 0.6 is 23.2 Å². The van der Waals surface area contributed by atoms with Gasteiger partial charge in [-0.3, -0.25) is 4.98 Å². The molecule has 9 nitrogen and oxygen atoms in total. The summed E-state index contributed by atoms with van der Waals surface area (Å²) in [5.41, 5.74) is 2.63. The van der Waals surface area contributed by atoms with Crippen LogP contribution in [0.2, 0.25) is 10.0 Å². The fraction of sp³-hybridized carbons (Fsp3) is 0.471. The van der Waals surface area contributed by atoms with Crippen molar-refractivity contribution in [1.29, 1.82) is 0 Å². The van der Waals surface area contributed by atoms with E-state index in [9.17, 15) is 9.90 Å². The molecule has 0 unspecified atom stereocenters. The van der Waals surface area contributed by atoms with Gasteiger partial charge in [-0.25, -0.2) is 9.78 Å². The first-order valence-corrected chi connectivity index (χ1v) is 16.3. The number of carboxylic acid groups (broad SMARTS) is 1. The number of pyridine rings is 2. The van der Waals surface area contributed by atoms with Gasteiger partial charge in [0.05, 0.1) is 40.5 Å². The van der Waals surface area contributed by atoms with Crippen LogP contribution in [0.5, 0.6) is 11.5 Å². The van der Waals surface area contributed by atoms with Crippen LogP contribution in [0, 0.1) is 5.41 Å². The summed E-state index contributed by atoms with van der Waals surface area (Å²) >= 11 is 13.0. The first kappa shape index (κ1) is 30.3. The molecule has 4 fully saturated rings. The Morgan fingerprint density at radius 1 is 1.07 bits per heavy atom. The number of benzene rings is 1. The van der Waals surface area contributed by atoms with Crippen LogP contribution < -0.4 is 9.47 Å². The number of ether oxygens (including phenoxy) is 3. The average molecular weight is 653 g/mol. The van der Waals surface area contributed by atoms with Crippen molar-refractivity contribution in [2.24, 2.45) is 5.41 Å². The van der Waals surface area contributed by atoms with Gasteiger partial charge in [-0.2, -0.15) is 0 Å².